The van der Waals surface area contributed by atoms with Crippen LogP contribution >= 0.6 is 23.4 Å². The zero-order valence-corrected chi connectivity index (χ0v) is 17.9. The SMILES string of the molecule is Cc1c(Cl)cccc1NC(=O)CSC1=C(C#N)[C@H](c2ccc([N+](=O)[O-])cc2)CC(=O)N1. The van der Waals surface area contributed by atoms with Gasteiger partial charge in [0, 0.05) is 35.2 Å². The molecule has 2 aromatic carbocycles. The maximum atomic E-state index is 12.4. The van der Waals surface area contributed by atoms with Crippen LogP contribution < -0.4 is 10.6 Å². The normalized spacial score (nSPS) is 15.8. The minimum atomic E-state index is -0.541. The number of nitro groups is 1. The number of benzene rings is 2. The number of allylic oxidation sites excluding steroid dienone is 1. The fourth-order valence-corrected chi connectivity index (χ4v) is 4.16. The molecule has 1 atom stereocenters. The number of carbonyl (C=O) groups excluding carboxylic acids is 2. The molecule has 2 amide bonds. The number of non-ortho nitro benzene ring substituents is 1. The second-order valence-corrected chi connectivity index (χ2v) is 8.15. The number of halogens is 1. The van der Waals surface area contributed by atoms with Gasteiger partial charge in [-0.25, -0.2) is 0 Å². The van der Waals surface area contributed by atoms with Crippen LogP contribution in [-0.4, -0.2) is 22.5 Å². The third kappa shape index (κ3) is 5.23. The Morgan fingerprint density at radius 1 is 1.35 bits per heavy atom. The molecule has 1 aliphatic heterocycles. The first-order chi connectivity index (χ1) is 14.8. The molecule has 8 nitrogen and oxygen atoms in total. The summed E-state index contributed by atoms with van der Waals surface area (Å²) in [5, 5.41) is 26.8. The van der Waals surface area contributed by atoms with E-state index in [-0.39, 0.29) is 29.7 Å². The monoisotopic (exact) mass is 456 g/mol. The first-order valence-corrected chi connectivity index (χ1v) is 10.5. The van der Waals surface area contributed by atoms with Crippen LogP contribution in [0.2, 0.25) is 5.02 Å². The van der Waals surface area contributed by atoms with Gasteiger partial charge in [0.15, 0.2) is 0 Å². The second kappa shape index (κ2) is 9.64. The molecule has 0 radical (unpaired) electrons. The van der Waals surface area contributed by atoms with Crippen LogP contribution in [0.25, 0.3) is 0 Å². The highest BCUT2D eigenvalue weighted by Gasteiger charge is 2.30. The lowest BCUT2D eigenvalue weighted by Gasteiger charge is -2.25. The van der Waals surface area contributed by atoms with Crippen LogP contribution in [0.4, 0.5) is 11.4 Å². The van der Waals surface area contributed by atoms with Gasteiger partial charge < -0.3 is 10.6 Å². The van der Waals surface area contributed by atoms with Crippen molar-refractivity contribution in [2.45, 2.75) is 19.3 Å². The first kappa shape index (κ1) is 22.3. The van der Waals surface area contributed by atoms with Crippen molar-refractivity contribution in [2.24, 2.45) is 0 Å². The molecule has 0 bridgehead atoms. The van der Waals surface area contributed by atoms with E-state index < -0.39 is 10.8 Å². The predicted octanol–water partition coefficient (Wildman–Crippen LogP) is 4.27. The molecule has 158 valence electrons. The summed E-state index contributed by atoms with van der Waals surface area (Å²) in [6.45, 7) is 1.79. The van der Waals surface area contributed by atoms with Gasteiger partial charge in [-0.2, -0.15) is 5.26 Å². The summed E-state index contributed by atoms with van der Waals surface area (Å²) >= 11 is 7.12. The molecule has 0 fully saturated rings. The largest absolute Gasteiger partial charge is 0.325 e. The van der Waals surface area contributed by atoms with Gasteiger partial charge in [-0.3, -0.25) is 19.7 Å². The Bertz CT molecular complexity index is 1130. The van der Waals surface area contributed by atoms with Crippen LogP contribution in [0.15, 0.2) is 53.1 Å². The van der Waals surface area contributed by atoms with E-state index in [2.05, 4.69) is 16.7 Å². The Labute approximate surface area is 187 Å². The molecule has 0 unspecified atom stereocenters. The number of thioether (sulfide) groups is 1. The number of amides is 2. The van der Waals surface area contributed by atoms with Crippen molar-refractivity contribution in [3.8, 4) is 6.07 Å². The van der Waals surface area contributed by atoms with Gasteiger partial charge in [0.25, 0.3) is 5.69 Å². The smallest absolute Gasteiger partial charge is 0.269 e. The molecule has 1 aliphatic rings. The summed E-state index contributed by atoms with van der Waals surface area (Å²) in [4.78, 5) is 35.0. The summed E-state index contributed by atoms with van der Waals surface area (Å²) in [6.07, 6.45) is 0.0403. The minimum Gasteiger partial charge on any atom is -0.325 e. The number of rotatable bonds is 6. The van der Waals surface area contributed by atoms with Crippen molar-refractivity contribution in [2.75, 3.05) is 11.1 Å². The van der Waals surface area contributed by atoms with Crippen LogP contribution in [0.1, 0.15) is 23.5 Å². The van der Waals surface area contributed by atoms with E-state index in [1.54, 1.807) is 25.1 Å². The standard InChI is InChI=1S/C21H17ClN4O4S/c1-12-17(22)3-2-4-18(12)24-20(28)11-31-21-16(10-23)15(9-19(27)25-21)13-5-7-14(8-6-13)26(29)30/h2-8,15H,9,11H2,1H3,(H,24,28)(H,25,27)/t15-/m0/s1. The summed E-state index contributed by atoms with van der Waals surface area (Å²) in [5.41, 5.74) is 2.18. The summed E-state index contributed by atoms with van der Waals surface area (Å²) in [6, 6.07) is 13.0. The van der Waals surface area contributed by atoms with E-state index in [0.717, 1.165) is 17.3 Å². The molecular weight excluding hydrogens is 440 g/mol. The van der Waals surface area contributed by atoms with Crippen LogP contribution in [0.5, 0.6) is 0 Å². The van der Waals surface area contributed by atoms with E-state index in [1.807, 2.05) is 0 Å². The quantitative estimate of drug-likeness (QED) is 0.494. The fraction of sp³-hybridized carbons (Fsp3) is 0.190. The third-order valence-corrected chi connectivity index (χ3v) is 6.18. The number of anilines is 1. The summed E-state index contributed by atoms with van der Waals surface area (Å²) in [7, 11) is 0. The topological polar surface area (TPSA) is 125 Å². The summed E-state index contributed by atoms with van der Waals surface area (Å²) < 4.78 is 0. The zero-order valence-electron chi connectivity index (χ0n) is 16.3. The molecular formula is C21H17ClN4O4S. The van der Waals surface area contributed by atoms with Crippen molar-refractivity contribution in [3.63, 3.8) is 0 Å². The molecule has 0 spiro atoms. The lowest BCUT2D eigenvalue weighted by Crippen LogP contribution is -2.31. The van der Waals surface area contributed by atoms with E-state index >= 15 is 0 Å². The number of nitriles is 1. The second-order valence-electron chi connectivity index (χ2n) is 6.76. The number of carbonyl (C=O) groups is 2. The highest BCUT2D eigenvalue weighted by molar-refractivity contribution is 8.03. The lowest BCUT2D eigenvalue weighted by molar-refractivity contribution is -0.384. The number of nitrogens with one attached hydrogen (secondary N) is 2. The molecule has 0 aromatic heterocycles. The van der Waals surface area contributed by atoms with E-state index in [9.17, 15) is 25.0 Å². The Morgan fingerprint density at radius 3 is 2.71 bits per heavy atom. The van der Waals surface area contributed by atoms with Crippen molar-refractivity contribution in [3.05, 3.63) is 79.3 Å². The Kier molecular flexibility index (Phi) is 6.95. The van der Waals surface area contributed by atoms with Crippen molar-refractivity contribution >= 4 is 46.6 Å². The van der Waals surface area contributed by atoms with Gasteiger partial charge in [0.1, 0.15) is 0 Å². The maximum absolute atomic E-state index is 12.4. The molecule has 0 saturated carbocycles. The Hall–Kier alpha value is -3.35. The Balaban J connectivity index is 1.77. The fourth-order valence-electron chi connectivity index (χ4n) is 3.11. The number of nitro benzene ring substituents is 1. The highest BCUT2D eigenvalue weighted by atomic mass is 35.5. The average molecular weight is 457 g/mol. The predicted molar refractivity (Wildman–Crippen MR) is 119 cm³/mol. The van der Waals surface area contributed by atoms with Gasteiger partial charge in [-0.05, 0) is 30.2 Å². The van der Waals surface area contributed by atoms with E-state index in [4.69, 9.17) is 11.6 Å². The van der Waals surface area contributed by atoms with Crippen molar-refractivity contribution < 1.29 is 14.5 Å². The van der Waals surface area contributed by atoms with Crippen LogP contribution in [0.3, 0.4) is 0 Å². The van der Waals surface area contributed by atoms with Crippen molar-refractivity contribution in [1.82, 2.24) is 5.32 Å². The molecule has 1 heterocycles. The average Bonchev–Trinajstić information content (AvgIpc) is 2.75. The molecule has 2 N–H and O–H groups in total. The van der Waals surface area contributed by atoms with Crippen LogP contribution in [-0.2, 0) is 9.59 Å². The van der Waals surface area contributed by atoms with Gasteiger partial charge in [0.05, 0.1) is 27.3 Å². The van der Waals surface area contributed by atoms with Gasteiger partial charge >= 0.3 is 0 Å². The highest BCUT2D eigenvalue weighted by Crippen LogP contribution is 2.36. The molecule has 0 aliphatic carbocycles. The van der Waals surface area contributed by atoms with Crippen LogP contribution in [0, 0.1) is 28.4 Å². The number of hydrogen-bond acceptors (Lipinski definition) is 6. The van der Waals surface area contributed by atoms with Gasteiger partial charge in [-0.15, -0.1) is 0 Å². The molecule has 2 aromatic rings. The molecule has 10 heteroatoms. The number of hydrogen-bond donors (Lipinski definition) is 2. The summed E-state index contributed by atoms with van der Waals surface area (Å²) in [5.74, 6) is -1.18. The van der Waals surface area contributed by atoms with Gasteiger partial charge in [-0.1, -0.05) is 41.6 Å². The maximum Gasteiger partial charge on any atom is 0.269 e. The van der Waals surface area contributed by atoms with Crippen molar-refractivity contribution in [1.29, 1.82) is 5.26 Å². The van der Waals surface area contributed by atoms with E-state index in [0.29, 0.717) is 26.9 Å². The lowest BCUT2D eigenvalue weighted by atomic mass is 9.87. The first-order valence-electron chi connectivity index (χ1n) is 9.16. The Morgan fingerprint density at radius 2 is 2.06 bits per heavy atom. The molecule has 0 saturated heterocycles. The minimum absolute atomic E-state index is 0.0280. The third-order valence-electron chi connectivity index (χ3n) is 4.75. The molecule has 3 rings (SSSR count). The number of nitrogens with zero attached hydrogens (tertiary/aromatic N) is 2. The molecule has 31 heavy (non-hydrogen) atoms. The van der Waals surface area contributed by atoms with Gasteiger partial charge in [0.2, 0.25) is 11.8 Å². The van der Waals surface area contributed by atoms with E-state index in [1.165, 1.54) is 24.3 Å². The zero-order chi connectivity index (χ0) is 22.5.